The Morgan fingerprint density at radius 3 is 2.31 bits per heavy atom. The fourth-order valence-corrected chi connectivity index (χ4v) is 1.74. The SMILES string of the molecule is CCC(NC(CC)c1ccccc1)C(=O)O. The number of aliphatic carboxylic acids is 1. The molecule has 1 rings (SSSR count). The van der Waals surface area contributed by atoms with Gasteiger partial charge in [-0.15, -0.1) is 0 Å². The molecule has 0 radical (unpaired) electrons. The first-order chi connectivity index (χ1) is 7.69. The minimum absolute atomic E-state index is 0.113. The zero-order chi connectivity index (χ0) is 12.0. The second kappa shape index (κ2) is 6.28. The van der Waals surface area contributed by atoms with E-state index in [9.17, 15) is 4.79 Å². The maximum atomic E-state index is 11.0. The van der Waals surface area contributed by atoms with Gasteiger partial charge in [0.2, 0.25) is 0 Å². The first-order valence-corrected chi connectivity index (χ1v) is 5.72. The molecule has 3 heteroatoms. The number of hydrogen-bond donors (Lipinski definition) is 2. The van der Waals surface area contributed by atoms with E-state index in [-0.39, 0.29) is 6.04 Å². The number of rotatable bonds is 6. The van der Waals surface area contributed by atoms with E-state index < -0.39 is 12.0 Å². The van der Waals surface area contributed by atoms with Crippen molar-refractivity contribution in [3.8, 4) is 0 Å². The molecule has 3 nitrogen and oxygen atoms in total. The molecule has 0 saturated heterocycles. The van der Waals surface area contributed by atoms with Gasteiger partial charge in [0.1, 0.15) is 6.04 Å². The maximum absolute atomic E-state index is 11.0. The largest absolute Gasteiger partial charge is 0.480 e. The summed E-state index contributed by atoms with van der Waals surface area (Å²) >= 11 is 0. The Balaban J connectivity index is 2.72. The molecule has 0 aromatic heterocycles. The summed E-state index contributed by atoms with van der Waals surface area (Å²) in [4.78, 5) is 11.0. The first kappa shape index (κ1) is 12.7. The quantitative estimate of drug-likeness (QED) is 0.776. The van der Waals surface area contributed by atoms with Gasteiger partial charge in [0, 0.05) is 6.04 Å². The normalized spacial score (nSPS) is 14.4. The van der Waals surface area contributed by atoms with Crippen LogP contribution in [0.5, 0.6) is 0 Å². The van der Waals surface area contributed by atoms with Crippen LogP contribution in [0.15, 0.2) is 30.3 Å². The number of benzene rings is 1. The summed E-state index contributed by atoms with van der Waals surface area (Å²) in [6.07, 6.45) is 1.48. The average Bonchev–Trinajstić information content (AvgIpc) is 2.31. The van der Waals surface area contributed by atoms with E-state index >= 15 is 0 Å². The van der Waals surface area contributed by atoms with Crippen LogP contribution in [0, 0.1) is 0 Å². The van der Waals surface area contributed by atoms with Crippen LogP contribution >= 0.6 is 0 Å². The molecule has 0 fully saturated rings. The molecular formula is C13H19NO2. The van der Waals surface area contributed by atoms with Crippen molar-refractivity contribution in [3.05, 3.63) is 35.9 Å². The van der Waals surface area contributed by atoms with Crippen LogP contribution in [0.2, 0.25) is 0 Å². The van der Waals surface area contributed by atoms with Crippen molar-refractivity contribution < 1.29 is 9.90 Å². The highest BCUT2D eigenvalue weighted by Gasteiger charge is 2.19. The Morgan fingerprint density at radius 1 is 1.25 bits per heavy atom. The topological polar surface area (TPSA) is 49.3 Å². The van der Waals surface area contributed by atoms with Crippen LogP contribution in [0.1, 0.15) is 38.3 Å². The van der Waals surface area contributed by atoms with Crippen molar-refractivity contribution in [2.24, 2.45) is 0 Å². The van der Waals surface area contributed by atoms with E-state index in [4.69, 9.17) is 5.11 Å². The highest BCUT2D eigenvalue weighted by molar-refractivity contribution is 5.73. The third-order valence-corrected chi connectivity index (χ3v) is 2.72. The Kier molecular flexibility index (Phi) is 4.99. The number of hydrogen-bond acceptors (Lipinski definition) is 2. The molecule has 2 N–H and O–H groups in total. The Labute approximate surface area is 96.5 Å². The third-order valence-electron chi connectivity index (χ3n) is 2.72. The number of nitrogens with one attached hydrogen (secondary N) is 1. The van der Waals surface area contributed by atoms with Gasteiger partial charge in [0.25, 0.3) is 0 Å². The second-order valence-corrected chi connectivity index (χ2v) is 3.84. The van der Waals surface area contributed by atoms with Crippen molar-refractivity contribution in [1.29, 1.82) is 0 Å². The highest BCUT2D eigenvalue weighted by atomic mass is 16.4. The van der Waals surface area contributed by atoms with Gasteiger partial charge in [-0.3, -0.25) is 10.1 Å². The molecule has 1 aromatic carbocycles. The van der Waals surface area contributed by atoms with E-state index in [0.29, 0.717) is 6.42 Å². The lowest BCUT2D eigenvalue weighted by molar-refractivity contribution is -0.139. The summed E-state index contributed by atoms with van der Waals surface area (Å²) in [7, 11) is 0. The molecule has 0 amide bonds. The van der Waals surface area contributed by atoms with Gasteiger partial charge in [-0.1, -0.05) is 44.2 Å². The van der Waals surface area contributed by atoms with Crippen molar-refractivity contribution in [1.82, 2.24) is 5.32 Å². The van der Waals surface area contributed by atoms with Gasteiger partial charge in [0.15, 0.2) is 0 Å². The van der Waals surface area contributed by atoms with E-state index in [2.05, 4.69) is 12.2 Å². The van der Waals surface area contributed by atoms with E-state index in [0.717, 1.165) is 12.0 Å². The number of carboxylic acid groups (broad SMARTS) is 1. The molecule has 0 aliphatic carbocycles. The molecule has 0 spiro atoms. The molecule has 0 heterocycles. The molecule has 2 atom stereocenters. The first-order valence-electron chi connectivity index (χ1n) is 5.72. The van der Waals surface area contributed by atoms with Crippen molar-refractivity contribution in [3.63, 3.8) is 0 Å². The monoisotopic (exact) mass is 221 g/mol. The van der Waals surface area contributed by atoms with E-state index in [1.54, 1.807) is 0 Å². The van der Waals surface area contributed by atoms with Gasteiger partial charge >= 0.3 is 5.97 Å². The predicted molar refractivity (Wildman–Crippen MR) is 64.3 cm³/mol. The summed E-state index contributed by atoms with van der Waals surface area (Å²) in [5, 5.41) is 12.2. The Morgan fingerprint density at radius 2 is 1.88 bits per heavy atom. The number of carbonyl (C=O) groups is 1. The lowest BCUT2D eigenvalue weighted by Crippen LogP contribution is -2.38. The molecule has 2 unspecified atom stereocenters. The van der Waals surface area contributed by atoms with Crippen LogP contribution in [0.25, 0.3) is 0 Å². The summed E-state index contributed by atoms with van der Waals surface area (Å²) in [6.45, 7) is 3.93. The second-order valence-electron chi connectivity index (χ2n) is 3.84. The molecule has 0 aliphatic heterocycles. The Bertz CT molecular complexity index is 324. The highest BCUT2D eigenvalue weighted by Crippen LogP contribution is 2.17. The lowest BCUT2D eigenvalue weighted by Gasteiger charge is -2.21. The van der Waals surface area contributed by atoms with Crippen molar-refractivity contribution in [2.45, 2.75) is 38.8 Å². The molecule has 0 saturated carbocycles. The average molecular weight is 221 g/mol. The minimum Gasteiger partial charge on any atom is -0.480 e. The minimum atomic E-state index is -0.781. The fourth-order valence-electron chi connectivity index (χ4n) is 1.74. The smallest absolute Gasteiger partial charge is 0.320 e. The van der Waals surface area contributed by atoms with Gasteiger partial charge < -0.3 is 5.11 Å². The molecule has 0 aliphatic rings. The summed E-state index contributed by atoms with van der Waals surface area (Å²) in [5.74, 6) is -0.781. The van der Waals surface area contributed by atoms with Crippen LogP contribution < -0.4 is 5.32 Å². The van der Waals surface area contributed by atoms with Crippen molar-refractivity contribution >= 4 is 5.97 Å². The zero-order valence-corrected chi connectivity index (χ0v) is 9.81. The van der Waals surface area contributed by atoms with Crippen molar-refractivity contribution in [2.75, 3.05) is 0 Å². The number of carboxylic acids is 1. The fraction of sp³-hybridized carbons (Fsp3) is 0.462. The molecule has 1 aromatic rings. The van der Waals surface area contributed by atoms with Gasteiger partial charge in [-0.2, -0.15) is 0 Å². The van der Waals surface area contributed by atoms with Crippen LogP contribution in [-0.4, -0.2) is 17.1 Å². The van der Waals surface area contributed by atoms with Gasteiger partial charge in [0.05, 0.1) is 0 Å². The van der Waals surface area contributed by atoms with E-state index in [1.165, 1.54) is 0 Å². The summed E-state index contributed by atoms with van der Waals surface area (Å²) in [6, 6.07) is 9.60. The van der Waals surface area contributed by atoms with E-state index in [1.807, 2.05) is 37.3 Å². The maximum Gasteiger partial charge on any atom is 0.320 e. The molecule has 16 heavy (non-hydrogen) atoms. The van der Waals surface area contributed by atoms with Gasteiger partial charge in [-0.25, -0.2) is 0 Å². The van der Waals surface area contributed by atoms with Gasteiger partial charge in [-0.05, 0) is 18.4 Å². The Hall–Kier alpha value is -1.35. The van der Waals surface area contributed by atoms with Crippen LogP contribution in [0.4, 0.5) is 0 Å². The van der Waals surface area contributed by atoms with Crippen LogP contribution in [-0.2, 0) is 4.79 Å². The lowest BCUT2D eigenvalue weighted by atomic mass is 10.0. The van der Waals surface area contributed by atoms with Crippen LogP contribution in [0.3, 0.4) is 0 Å². The summed E-state index contributed by atoms with van der Waals surface area (Å²) in [5.41, 5.74) is 1.14. The molecule has 0 bridgehead atoms. The molecule has 88 valence electrons. The zero-order valence-electron chi connectivity index (χ0n) is 9.81. The third kappa shape index (κ3) is 3.35. The predicted octanol–water partition coefficient (Wildman–Crippen LogP) is 2.59. The standard InChI is InChI=1S/C13H19NO2/c1-3-11(10-8-6-5-7-9-10)14-12(4-2)13(15)16/h5-9,11-12,14H,3-4H2,1-2H3,(H,15,16). The molecular weight excluding hydrogens is 202 g/mol. The summed E-state index contributed by atoms with van der Waals surface area (Å²) < 4.78 is 0.